The molecule has 1 aromatic rings. The fraction of sp³-hybridized carbons (Fsp3) is 0.538. The Hall–Kier alpha value is -1.42. The van der Waals surface area contributed by atoms with Gasteiger partial charge in [-0.15, -0.1) is 0 Å². The number of rotatable bonds is 5. The van der Waals surface area contributed by atoms with Crippen molar-refractivity contribution >= 4 is 11.9 Å². The van der Waals surface area contributed by atoms with Crippen molar-refractivity contribution in [2.75, 3.05) is 13.6 Å². The highest BCUT2D eigenvalue weighted by Gasteiger charge is 2.38. The molecule has 1 heterocycles. The normalized spacial score (nSPS) is 14.4. The third-order valence-electron chi connectivity index (χ3n) is 2.80. The van der Waals surface area contributed by atoms with Crippen LogP contribution in [0, 0.1) is 6.92 Å². The zero-order valence-corrected chi connectivity index (χ0v) is 11.1. The third-order valence-corrected chi connectivity index (χ3v) is 2.80. The Morgan fingerprint density at radius 3 is 2.65 bits per heavy atom. The number of aromatic nitrogens is 1. The van der Waals surface area contributed by atoms with E-state index in [0.29, 0.717) is 18.1 Å². The Labute approximate surface area is 103 Å². The van der Waals surface area contributed by atoms with Crippen molar-refractivity contribution in [2.45, 2.75) is 33.6 Å². The number of oxazole rings is 1. The molecule has 4 heteroatoms. The van der Waals surface area contributed by atoms with Gasteiger partial charge in [0.2, 0.25) is 0 Å². The Morgan fingerprint density at radius 2 is 2.24 bits per heavy atom. The summed E-state index contributed by atoms with van der Waals surface area (Å²) in [6.45, 7) is 10.1. The summed E-state index contributed by atoms with van der Waals surface area (Å²) in [6, 6.07) is 0.448. The van der Waals surface area contributed by atoms with Crippen LogP contribution in [0.4, 0.5) is 6.01 Å². The summed E-state index contributed by atoms with van der Waals surface area (Å²) in [5, 5.41) is 0. The van der Waals surface area contributed by atoms with E-state index >= 15 is 0 Å². The lowest BCUT2D eigenvalue weighted by Gasteiger charge is -2.26. The second-order valence-corrected chi connectivity index (χ2v) is 4.63. The Balaban J connectivity index is 3.09. The average Bonchev–Trinajstić information content (AvgIpc) is 2.72. The number of quaternary nitrogens is 1. The summed E-state index contributed by atoms with van der Waals surface area (Å²) >= 11 is 0. The smallest absolute Gasteiger partial charge is 0.403 e. The van der Waals surface area contributed by atoms with Crippen LogP contribution in [-0.4, -0.2) is 24.5 Å². The van der Waals surface area contributed by atoms with Crippen LogP contribution >= 0.6 is 0 Å². The van der Waals surface area contributed by atoms with Gasteiger partial charge in [-0.25, -0.2) is 4.79 Å². The number of nitrogens with zero attached hydrogens (tertiary/aromatic N) is 2. The van der Waals surface area contributed by atoms with Crippen molar-refractivity contribution in [3.8, 4) is 0 Å². The first-order valence-electron chi connectivity index (χ1n) is 5.90. The number of likely N-dealkylation sites (N-methyl/N-ethyl adjacent to an activating group) is 1. The molecule has 0 saturated heterocycles. The van der Waals surface area contributed by atoms with Crippen LogP contribution in [0.25, 0.3) is 0 Å². The summed E-state index contributed by atoms with van der Waals surface area (Å²) in [5.74, 6) is -0.0414. The van der Waals surface area contributed by atoms with E-state index < -0.39 is 0 Å². The lowest BCUT2D eigenvalue weighted by Crippen LogP contribution is -2.51. The number of hydrogen-bond donors (Lipinski definition) is 0. The number of amides is 1. The monoisotopic (exact) mass is 237 g/mol. The molecule has 4 nitrogen and oxygen atoms in total. The van der Waals surface area contributed by atoms with Gasteiger partial charge in [0, 0.05) is 5.57 Å². The quantitative estimate of drug-likeness (QED) is 0.584. The molecule has 0 saturated carbocycles. The molecule has 1 rings (SSSR count). The average molecular weight is 237 g/mol. The fourth-order valence-electron chi connectivity index (χ4n) is 1.75. The molecule has 1 aromatic heterocycles. The summed E-state index contributed by atoms with van der Waals surface area (Å²) < 4.78 is 5.46. The number of aryl methyl sites for hydroxylation is 1. The Bertz CT molecular complexity index is 423. The fourth-order valence-corrected chi connectivity index (χ4v) is 1.75. The predicted molar refractivity (Wildman–Crippen MR) is 68.6 cm³/mol. The van der Waals surface area contributed by atoms with E-state index in [1.54, 1.807) is 13.2 Å². The van der Waals surface area contributed by atoms with Gasteiger partial charge in [0.15, 0.2) is 0 Å². The van der Waals surface area contributed by atoms with Gasteiger partial charge < -0.3 is 4.42 Å². The maximum absolute atomic E-state index is 12.3. The molecule has 0 aliphatic rings. The Kier molecular flexibility index (Phi) is 4.23. The van der Waals surface area contributed by atoms with Gasteiger partial charge in [0.05, 0.1) is 19.3 Å². The van der Waals surface area contributed by atoms with Gasteiger partial charge in [0.1, 0.15) is 6.26 Å². The number of hydrogen-bond acceptors (Lipinski definition) is 3. The summed E-state index contributed by atoms with van der Waals surface area (Å²) in [5.41, 5.74) is 1.31. The number of carbonyl (C=O) groups is 1. The molecule has 1 amide bonds. The lowest BCUT2D eigenvalue weighted by molar-refractivity contribution is -0.126. The molecule has 17 heavy (non-hydrogen) atoms. The minimum absolute atomic E-state index is 0.0414. The van der Waals surface area contributed by atoms with Crippen molar-refractivity contribution in [3.05, 3.63) is 24.1 Å². The molecule has 0 aromatic carbocycles. The molecule has 1 unspecified atom stereocenters. The highest BCUT2D eigenvalue weighted by molar-refractivity contribution is 5.99. The topological polar surface area (TPSA) is 43.1 Å². The molecule has 94 valence electrons. The highest BCUT2D eigenvalue weighted by atomic mass is 16.4. The maximum Gasteiger partial charge on any atom is 0.411 e. The van der Waals surface area contributed by atoms with Crippen LogP contribution in [0.5, 0.6) is 0 Å². The molecule has 0 spiro atoms. The van der Waals surface area contributed by atoms with Gasteiger partial charge in [-0.2, -0.15) is 9.47 Å². The van der Waals surface area contributed by atoms with Crippen molar-refractivity contribution in [2.24, 2.45) is 0 Å². The first kappa shape index (κ1) is 13.6. The molecular formula is C13H21N2O2+. The van der Waals surface area contributed by atoms with Crippen molar-refractivity contribution in [3.63, 3.8) is 0 Å². The summed E-state index contributed by atoms with van der Waals surface area (Å²) in [7, 11) is 1.83. The molecule has 0 aliphatic heterocycles. The van der Waals surface area contributed by atoms with Crippen LogP contribution in [-0.2, 0) is 4.79 Å². The zero-order chi connectivity index (χ0) is 13.1. The van der Waals surface area contributed by atoms with Crippen LogP contribution in [0.1, 0.15) is 32.4 Å². The van der Waals surface area contributed by atoms with E-state index in [0.717, 1.165) is 18.5 Å². The van der Waals surface area contributed by atoms with E-state index in [-0.39, 0.29) is 10.4 Å². The predicted octanol–water partition coefficient (Wildman–Crippen LogP) is 2.82. The molecule has 0 bridgehead atoms. The second kappa shape index (κ2) is 5.27. The van der Waals surface area contributed by atoms with E-state index in [4.69, 9.17) is 4.42 Å². The minimum atomic E-state index is -0.0414. The molecule has 0 radical (unpaired) electrons. The SMILES string of the molecule is C=C(C)C(=O)[N+](C)(CCCC)c1nc(C)co1. The van der Waals surface area contributed by atoms with E-state index in [2.05, 4.69) is 18.5 Å². The standard InChI is InChI=1S/C13H21N2O2/c1-6-7-8-15(5,12(16)10(2)3)13-14-11(4)9-17-13/h9H,2,6-8H2,1,3-5H3/q+1. The van der Waals surface area contributed by atoms with E-state index in [9.17, 15) is 4.79 Å². The van der Waals surface area contributed by atoms with Crippen LogP contribution in [0.15, 0.2) is 22.8 Å². The van der Waals surface area contributed by atoms with Gasteiger partial charge >= 0.3 is 11.9 Å². The van der Waals surface area contributed by atoms with Gasteiger partial charge in [-0.1, -0.05) is 19.9 Å². The maximum atomic E-state index is 12.3. The van der Waals surface area contributed by atoms with Crippen molar-refractivity contribution < 1.29 is 9.21 Å². The van der Waals surface area contributed by atoms with Gasteiger partial charge in [-0.05, 0) is 20.3 Å². The summed E-state index contributed by atoms with van der Waals surface area (Å²) in [4.78, 5) is 16.5. The molecule has 0 aliphatic carbocycles. The first-order chi connectivity index (χ1) is 7.91. The largest absolute Gasteiger partial charge is 0.411 e. The zero-order valence-electron chi connectivity index (χ0n) is 11.1. The highest BCUT2D eigenvalue weighted by Crippen LogP contribution is 2.23. The van der Waals surface area contributed by atoms with E-state index in [1.165, 1.54) is 0 Å². The van der Waals surface area contributed by atoms with Crippen molar-refractivity contribution in [1.82, 2.24) is 9.47 Å². The van der Waals surface area contributed by atoms with Crippen molar-refractivity contribution in [1.29, 1.82) is 0 Å². The molecule has 1 atom stereocenters. The Morgan fingerprint density at radius 1 is 1.59 bits per heavy atom. The van der Waals surface area contributed by atoms with Crippen LogP contribution < -0.4 is 4.48 Å². The van der Waals surface area contributed by atoms with Crippen LogP contribution in [0.3, 0.4) is 0 Å². The van der Waals surface area contributed by atoms with E-state index in [1.807, 2.05) is 14.0 Å². The second-order valence-electron chi connectivity index (χ2n) is 4.63. The molecule has 0 N–H and O–H groups in total. The van der Waals surface area contributed by atoms with Gasteiger partial charge in [0.25, 0.3) is 0 Å². The lowest BCUT2D eigenvalue weighted by atomic mass is 10.2. The number of unbranched alkanes of at least 4 members (excludes halogenated alkanes) is 1. The van der Waals surface area contributed by atoms with Crippen LogP contribution in [0.2, 0.25) is 0 Å². The first-order valence-corrected chi connectivity index (χ1v) is 5.90. The summed E-state index contributed by atoms with van der Waals surface area (Å²) in [6.07, 6.45) is 3.54. The third kappa shape index (κ3) is 2.82. The minimum Gasteiger partial charge on any atom is -0.403 e. The number of carbonyl (C=O) groups excluding carboxylic acids is 1. The molecule has 0 fully saturated rings. The molecular weight excluding hydrogens is 216 g/mol. The van der Waals surface area contributed by atoms with Gasteiger partial charge in [-0.3, -0.25) is 0 Å².